The Kier molecular flexibility index (Phi) is 7.02. The van der Waals surface area contributed by atoms with E-state index in [9.17, 15) is 13.2 Å². The Balaban J connectivity index is 1.57. The number of aryl methyl sites for hydroxylation is 3. The molecule has 1 fully saturated rings. The van der Waals surface area contributed by atoms with Gasteiger partial charge in [-0.2, -0.15) is 4.31 Å². The third-order valence-electron chi connectivity index (χ3n) is 5.38. The lowest BCUT2D eigenvalue weighted by atomic mass is 9.97. The quantitative estimate of drug-likeness (QED) is 0.717. The number of nitrogens with zero attached hydrogens (tertiary/aromatic N) is 3. The zero-order valence-corrected chi connectivity index (χ0v) is 18.8. The van der Waals surface area contributed by atoms with Gasteiger partial charge in [-0.3, -0.25) is 4.79 Å². The molecular weight excluding hydrogens is 408 g/mol. The van der Waals surface area contributed by atoms with Crippen molar-refractivity contribution in [3.8, 4) is 0 Å². The van der Waals surface area contributed by atoms with Gasteiger partial charge >= 0.3 is 0 Å². The topological polar surface area (TPSA) is 92.3 Å². The minimum atomic E-state index is -3.53. The molecule has 29 heavy (non-hydrogen) atoms. The molecule has 1 aliphatic rings. The second-order valence-corrected chi connectivity index (χ2v) is 10.5. The average Bonchev–Trinajstić information content (AvgIpc) is 3.15. The summed E-state index contributed by atoms with van der Waals surface area (Å²) in [5, 5.41) is 12.4. The number of rotatable bonds is 7. The number of hydrogen-bond acceptors (Lipinski definition) is 6. The molecule has 0 bridgehead atoms. The summed E-state index contributed by atoms with van der Waals surface area (Å²) in [5.41, 5.74) is 2.02. The van der Waals surface area contributed by atoms with E-state index in [1.54, 1.807) is 12.1 Å². The van der Waals surface area contributed by atoms with Gasteiger partial charge in [-0.05, 0) is 56.4 Å². The highest BCUT2D eigenvalue weighted by Crippen LogP contribution is 2.26. The van der Waals surface area contributed by atoms with E-state index in [1.165, 1.54) is 15.6 Å². The molecule has 1 N–H and O–H groups in total. The molecule has 1 amide bonds. The van der Waals surface area contributed by atoms with Crippen LogP contribution in [0.5, 0.6) is 0 Å². The molecular formula is C20H28N4O3S2. The Bertz CT molecular complexity index is 964. The normalized spacial score (nSPS) is 16.1. The van der Waals surface area contributed by atoms with Crippen LogP contribution < -0.4 is 5.32 Å². The van der Waals surface area contributed by atoms with E-state index in [1.807, 2.05) is 19.9 Å². The molecule has 0 atom stereocenters. The summed E-state index contributed by atoms with van der Waals surface area (Å²) in [6.45, 7) is 6.67. The molecule has 2 aromatic rings. The van der Waals surface area contributed by atoms with Gasteiger partial charge in [-0.15, -0.1) is 10.2 Å². The lowest BCUT2D eigenvalue weighted by molar-refractivity contribution is -0.120. The molecule has 2 heterocycles. The van der Waals surface area contributed by atoms with Crippen LogP contribution in [0.25, 0.3) is 0 Å². The first-order chi connectivity index (χ1) is 13.8. The predicted molar refractivity (Wildman–Crippen MR) is 115 cm³/mol. The first-order valence-corrected chi connectivity index (χ1v) is 12.3. The van der Waals surface area contributed by atoms with Crippen molar-refractivity contribution in [3.63, 3.8) is 0 Å². The van der Waals surface area contributed by atoms with E-state index in [0.29, 0.717) is 36.0 Å². The minimum absolute atomic E-state index is 0.105. The van der Waals surface area contributed by atoms with Crippen LogP contribution in [0.4, 0.5) is 5.13 Å². The van der Waals surface area contributed by atoms with Gasteiger partial charge in [0.1, 0.15) is 5.01 Å². The van der Waals surface area contributed by atoms with E-state index in [2.05, 4.69) is 22.4 Å². The van der Waals surface area contributed by atoms with E-state index < -0.39 is 10.0 Å². The smallest absolute Gasteiger partial charge is 0.243 e. The Morgan fingerprint density at radius 2 is 1.93 bits per heavy atom. The number of sulfonamides is 1. The SMILES string of the molecule is CCCCc1nnc(NC(=O)C2CCN(S(=O)(=O)c3ccc(C)c(C)c3)CC2)s1. The molecule has 1 aromatic carbocycles. The number of benzene rings is 1. The third kappa shape index (κ3) is 5.21. The van der Waals surface area contributed by atoms with Gasteiger partial charge in [-0.25, -0.2) is 8.42 Å². The Hall–Kier alpha value is -1.84. The van der Waals surface area contributed by atoms with Crippen LogP contribution in [0, 0.1) is 19.8 Å². The standard InChI is InChI=1S/C20H28N4O3S2/c1-4-5-6-18-22-23-20(28-18)21-19(25)16-9-11-24(12-10-16)29(26,27)17-8-7-14(2)15(3)13-17/h7-8,13,16H,4-6,9-12H2,1-3H3,(H,21,23,25). The molecule has 0 saturated carbocycles. The van der Waals surface area contributed by atoms with Crippen LogP contribution in [0.15, 0.2) is 23.1 Å². The number of hydrogen-bond donors (Lipinski definition) is 1. The van der Waals surface area contributed by atoms with Crippen molar-refractivity contribution in [1.29, 1.82) is 0 Å². The number of carbonyl (C=O) groups is 1. The number of unbranched alkanes of at least 4 members (excludes halogenated alkanes) is 1. The van der Waals surface area contributed by atoms with Crippen LogP contribution >= 0.6 is 11.3 Å². The molecule has 9 heteroatoms. The second-order valence-electron chi connectivity index (χ2n) is 7.52. The van der Waals surface area contributed by atoms with Crippen molar-refractivity contribution in [1.82, 2.24) is 14.5 Å². The Morgan fingerprint density at radius 1 is 1.21 bits per heavy atom. The van der Waals surface area contributed by atoms with Crippen molar-refractivity contribution in [2.45, 2.75) is 57.8 Å². The Morgan fingerprint density at radius 3 is 2.59 bits per heavy atom. The summed E-state index contributed by atoms with van der Waals surface area (Å²) in [6, 6.07) is 5.20. The summed E-state index contributed by atoms with van der Waals surface area (Å²) >= 11 is 1.41. The first-order valence-electron chi connectivity index (χ1n) is 10.0. The van der Waals surface area contributed by atoms with Crippen molar-refractivity contribution in [3.05, 3.63) is 34.3 Å². The molecule has 0 aliphatic carbocycles. The number of carbonyl (C=O) groups excluding carboxylic acids is 1. The van der Waals surface area contributed by atoms with Gasteiger partial charge in [0.25, 0.3) is 0 Å². The Labute approximate surface area is 176 Å². The lowest BCUT2D eigenvalue weighted by Crippen LogP contribution is -2.41. The molecule has 0 unspecified atom stereocenters. The lowest BCUT2D eigenvalue weighted by Gasteiger charge is -2.30. The zero-order chi connectivity index (χ0) is 21.0. The molecule has 158 valence electrons. The largest absolute Gasteiger partial charge is 0.300 e. The van der Waals surface area contributed by atoms with Crippen LogP contribution in [-0.4, -0.2) is 41.9 Å². The van der Waals surface area contributed by atoms with E-state index >= 15 is 0 Å². The highest BCUT2D eigenvalue weighted by molar-refractivity contribution is 7.89. The first kappa shape index (κ1) is 21.9. The average molecular weight is 437 g/mol. The van der Waals surface area contributed by atoms with Crippen LogP contribution in [0.2, 0.25) is 0 Å². The van der Waals surface area contributed by atoms with Crippen LogP contribution in [0.1, 0.15) is 48.7 Å². The highest BCUT2D eigenvalue weighted by Gasteiger charge is 2.32. The fourth-order valence-electron chi connectivity index (χ4n) is 3.32. The predicted octanol–water partition coefficient (Wildman–Crippen LogP) is 3.54. The summed E-state index contributed by atoms with van der Waals surface area (Å²) in [7, 11) is -3.53. The van der Waals surface area contributed by atoms with Crippen LogP contribution in [-0.2, 0) is 21.2 Å². The zero-order valence-electron chi connectivity index (χ0n) is 17.1. The molecule has 0 spiro atoms. The summed E-state index contributed by atoms with van der Waals surface area (Å²) in [4.78, 5) is 12.9. The van der Waals surface area contributed by atoms with Crippen molar-refractivity contribution in [2.75, 3.05) is 18.4 Å². The maximum Gasteiger partial charge on any atom is 0.243 e. The number of nitrogens with one attached hydrogen (secondary N) is 1. The van der Waals surface area contributed by atoms with Gasteiger partial charge < -0.3 is 5.32 Å². The number of anilines is 1. The van der Waals surface area contributed by atoms with Gasteiger partial charge in [0.15, 0.2) is 0 Å². The monoisotopic (exact) mass is 436 g/mol. The molecule has 1 saturated heterocycles. The summed E-state index contributed by atoms with van der Waals surface area (Å²) in [6.07, 6.45) is 4.01. The summed E-state index contributed by atoms with van der Waals surface area (Å²) in [5.74, 6) is -0.324. The third-order valence-corrected chi connectivity index (χ3v) is 8.18. The van der Waals surface area contributed by atoms with E-state index in [-0.39, 0.29) is 11.8 Å². The van der Waals surface area contributed by atoms with Gasteiger partial charge in [0.05, 0.1) is 4.90 Å². The van der Waals surface area contributed by atoms with Crippen molar-refractivity contribution >= 4 is 32.4 Å². The minimum Gasteiger partial charge on any atom is -0.300 e. The van der Waals surface area contributed by atoms with Gasteiger partial charge in [-0.1, -0.05) is 30.7 Å². The van der Waals surface area contributed by atoms with E-state index in [4.69, 9.17) is 0 Å². The maximum atomic E-state index is 12.9. The second kappa shape index (κ2) is 9.32. The van der Waals surface area contributed by atoms with E-state index in [0.717, 1.165) is 35.4 Å². The molecule has 1 aliphatic heterocycles. The van der Waals surface area contributed by atoms with Crippen molar-refractivity contribution < 1.29 is 13.2 Å². The summed E-state index contributed by atoms with van der Waals surface area (Å²) < 4.78 is 27.3. The number of aromatic nitrogens is 2. The number of piperidine rings is 1. The van der Waals surface area contributed by atoms with Gasteiger partial charge in [0, 0.05) is 25.4 Å². The molecule has 0 radical (unpaired) electrons. The maximum absolute atomic E-state index is 12.9. The van der Waals surface area contributed by atoms with Crippen LogP contribution in [0.3, 0.4) is 0 Å². The van der Waals surface area contributed by atoms with Gasteiger partial charge in [0.2, 0.25) is 21.1 Å². The van der Waals surface area contributed by atoms with Crippen molar-refractivity contribution in [2.24, 2.45) is 5.92 Å². The highest BCUT2D eigenvalue weighted by atomic mass is 32.2. The molecule has 3 rings (SSSR count). The molecule has 7 nitrogen and oxygen atoms in total. The number of amides is 1. The molecule has 1 aromatic heterocycles. The fraction of sp³-hybridized carbons (Fsp3) is 0.550. The fourth-order valence-corrected chi connectivity index (χ4v) is 5.66.